The molecule has 0 heterocycles. The predicted octanol–water partition coefficient (Wildman–Crippen LogP) is 23.1. The topological polar surface area (TPSA) is 95.9 Å². The zero-order valence-corrected chi connectivity index (χ0v) is 53.4. The van der Waals surface area contributed by atoms with Crippen LogP contribution in [0.5, 0.6) is 0 Å². The first-order chi connectivity index (χ1) is 39.0. The summed E-state index contributed by atoms with van der Waals surface area (Å²) in [6.07, 6.45) is 87.9. The van der Waals surface area contributed by atoms with Gasteiger partial charge < -0.3 is 20.3 Å². The number of aliphatic hydroxyl groups excluding tert-OH is 2. The Morgan fingerprint density at radius 1 is 0.354 bits per heavy atom. The van der Waals surface area contributed by atoms with Crippen LogP contribution in [0.4, 0.5) is 0 Å². The average molecular weight is 1110 g/mol. The van der Waals surface area contributed by atoms with E-state index in [9.17, 15) is 19.8 Å². The monoisotopic (exact) mass is 1110 g/mol. The van der Waals surface area contributed by atoms with Crippen LogP contribution in [0.25, 0.3) is 0 Å². The second-order valence-electron chi connectivity index (χ2n) is 24.6. The highest BCUT2D eigenvalue weighted by molar-refractivity contribution is 5.76. The first-order valence-corrected chi connectivity index (χ1v) is 35.8. The first-order valence-electron chi connectivity index (χ1n) is 35.8. The van der Waals surface area contributed by atoms with Crippen LogP contribution >= 0.6 is 0 Å². The Kier molecular flexibility index (Phi) is 66.9. The second kappa shape index (κ2) is 68.6. The summed E-state index contributed by atoms with van der Waals surface area (Å²) in [7, 11) is 0. The van der Waals surface area contributed by atoms with Gasteiger partial charge in [-0.15, -0.1) is 0 Å². The average Bonchev–Trinajstić information content (AvgIpc) is 3.45. The van der Waals surface area contributed by atoms with Crippen LogP contribution in [0.2, 0.25) is 0 Å². The molecule has 0 aliphatic rings. The Hall–Kier alpha value is -1.92. The van der Waals surface area contributed by atoms with Gasteiger partial charge in [0.05, 0.1) is 25.4 Å². The van der Waals surface area contributed by atoms with Crippen LogP contribution in [0.15, 0.2) is 36.5 Å². The molecule has 2 unspecified atom stereocenters. The maximum absolute atomic E-state index is 12.5. The van der Waals surface area contributed by atoms with Gasteiger partial charge in [0.2, 0.25) is 5.91 Å². The SMILES string of the molecule is CCCCCCCCCCCCCCCCCCCCCCCC/C=C/C(O)C(CO)NC(=O)CCCCCCCCCCC/C=C\C/C=C\CCCCCCCCCCCOC(=O)CCCCCCCCCCCCCCC. The molecule has 0 aliphatic carbocycles. The largest absolute Gasteiger partial charge is 0.466 e. The van der Waals surface area contributed by atoms with E-state index < -0.39 is 12.1 Å². The number of esters is 1. The Morgan fingerprint density at radius 2 is 0.633 bits per heavy atom. The van der Waals surface area contributed by atoms with Crippen molar-refractivity contribution in [1.29, 1.82) is 0 Å². The number of rotatable bonds is 67. The molecular formula is C73H139NO5. The van der Waals surface area contributed by atoms with Crippen molar-refractivity contribution in [3.05, 3.63) is 36.5 Å². The van der Waals surface area contributed by atoms with E-state index in [-0.39, 0.29) is 18.5 Å². The van der Waals surface area contributed by atoms with Gasteiger partial charge in [-0.2, -0.15) is 0 Å². The summed E-state index contributed by atoms with van der Waals surface area (Å²) in [5.41, 5.74) is 0. The standard InChI is InChI=1S/C73H139NO5/c1-3-5-7-9-11-13-15-17-18-19-20-21-22-26-29-32-35-38-42-45-49-53-57-61-65-71(76)70(69-75)74-72(77)66-62-58-54-50-46-43-39-36-33-30-27-24-23-25-28-31-34-37-40-44-48-52-56-60-64-68-79-73(78)67-63-59-55-51-47-41-16-14-12-10-8-6-4-2/h24-25,27-28,61,65,70-71,75-76H,3-23,26,29-60,62-64,66-69H2,1-2H3,(H,74,77)/b27-24-,28-25-,65-61+. The Morgan fingerprint density at radius 3 is 0.962 bits per heavy atom. The number of allylic oxidation sites excluding steroid dienone is 5. The number of hydrogen-bond donors (Lipinski definition) is 3. The molecule has 0 rings (SSSR count). The molecule has 0 aromatic carbocycles. The summed E-state index contributed by atoms with van der Waals surface area (Å²) in [6, 6.07) is -0.634. The first kappa shape index (κ1) is 77.1. The molecule has 2 atom stereocenters. The fourth-order valence-electron chi connectivity index (χ4n) is 11.2. The summed E-state index contributed by atoms with van der Waals surface area (Å²) >= 11 is 0. The van der Waals surface area contributed by atoms with Gasteiger partial charge in [-0.3, -0.25) is 9.59 Å². The molecule has 79 heavy (non-hydrogen) atoms. The smallest absolute Gasteiger partial charge is 0.305 e. The maximum Gasteiger partial charge on any atom is 0.305 e. The van der Waals surface area contributed by atoms with Gasteiger partial charge in [-0.1, -0.05) is 352 Å². The highest BCUT2D eigenvalue weighted by Crippen LogP contribution is 2.18. The van der Waals surface area contributed by atoms with Gasteiger partial charge in [0.25, 0.3) is 0 Å². The predicted molar refractivity (Wildman–Crippen MR) is 347 cm³/mol. The van der Waals surface area contributed by atoms with Crippen molar-refractivity contribution < 1.29 is 24.5 Å². The zero-order chi connectivity index (χ0) is 57.1. The van der Waals surface area contributed by atoms with E-state index >= 15 is 0 Å². The summed E-state index contributed by atoms with van der Waals surface area (Å²) in [6.45, 7) is 4.93. The molecule has 0 aliphatic heterocycles. The minimum absolute atomic E-state index is 0.0106. The van der Waals surface area contributed by atoms with Crippen LogP contribution in [0.3, 0.4) is 0 Å². The van der Waals surface area contributed by atoms with Crippen molar-refractivity contribution in [1.82, 2.24) is 5.32 Å². The summed E-state index contributed by atoms with van der Waals surface area (Å²) < 4.78 is 5.48. The van der Waals surface area contributed by atoms with Crippen LogP contribution in [0, 0.1) is 0 Å². The summed E-state index contributed by atoms with van der Waals surface area (Å²) in [5, 5.41) is 23.3. The highest BCUT2D eigenvalue weighted by atomic mass is 16.5. The lowest BCUT2D eigenvalue weighted by Crippen LogP contribution is -2.45. The number of amides is 1. The van der Waals surface area contributed by atoms with Gasteiger partial charge in [-0.05, 0) is 64.2 Å². The third-order valence-corrected chi connectivity index (χ3v) is 16.7. The van der Waals surface area contributed by atoms with E-state index in [0.29, 0.717) is 19.4 Å². The highest BCUT2D eigenvalue weighted by Gasteiger charge is 2.18. The molecule has 0 saturated carbocycles. The van der Waals surface area contributed by atoms with Crippen LogP contribution < -0.4 is 5.32 Å². The van der Waals surface area contributed by atoms with Crippen LogP contribution in [0.1, 0.15) is 393 Å². The van der Waals surface area contributed by atoms with E-state index in [2.05, 4.69) is 43.5 Å². The lowest BCUT2D eigenvalue weighted by atomic mass is 10.0. The molecule has 0 fully saturated rings. The van der Waals surface area contributed by atoms with Crippen LogP contribution in [-0.4, -0.2) is 47.4 Å². The molecule has 0 saturated heterocycles. The van der Waals surface area contributed by atoms with Crippen molar-refractivity contribution in [2.45, 2.75) is 405 Å². The molecule has 6 heteroatoms. The lowest BCUT2D eigenvalue weighted by Gasteiger charge is -2.20. The van der Waals surface area contributed by atoms with E-state index in [0.717, 1.165) is 44.9 Å². The van der Waals surface area contributed by atoms with Gasteiger partial charge in [0.15, 0.2) is 0 Å². The number of hydrogen-bond acceptors (Lipinski definition) is 5. The Balaban J connectivity index is 3.46. The molecule has 0 aromatic heterocycles. The van der Waals surface area contributed by atoms with Crippen LogP contribution in [-0.2, 0) is 14.3 Å². The van der Waals surface area contributed by atoms with E-state index in [1.165, 1.54) is 321 Å². The van der Waals surface area contributed by atoms with E-state index in [1.807, 2.05) is 6.08 Å². The zero-order valence-electron chi connectivity index (χ0n) is 53.4. The van der Waals surface area contributed by atoms with Gasteiger partial charge in [-0.25, -0.2) is 0 Å². The second-order valence-corrected chi connectivity index (χ2v) is 24.6. The molecule has 466 valence electrons. The number of nitrogens with one attached hydrogen (secondary N) is 1. The van der Waals surface area contributed by atoms with E-state index in [4.69, 9.17) is 4.74 Å². The van der Waals surface area contributed by atoms with Gasteiger partial charge >= 0.3 is 5.97 Å². The van der Waals surface area contributed by atoms with Crippen molar-refractivity contribution in [2.24, 2.45) is 0 Å². The van der Waals surface area contributed by atoms with Crippen molar-refractivity contribution in [3.8, 4) is 0 Å². The Labute approximate surface area is 494 Å². The summed E-state index contributed by atoms with van der Waals surface area (Å²) in [5.74, 6) is -0.0595. The third kappa shape index (κ3) is 65.1. The number of aliphatic hydroxyl groups is 2. The minimum atomic E-state index is -0.850. The molecule has 0 radical (unpaired) electrons. The normalized spacial score (nSPS) is 12.7. The minimum Gasteiger partial charge on any atom is -0.466 e. The maximum atomic E-state index is 12.5. The number of ether oxygens (including phenoxy) is 1. The van der Waals surface area contributed by atoms with Crippen molar-refractivity contribution in [3.63, 3.8) is 0 Å². The Bertz CT molecular complexity index is 1280. The molecule has 6 nitrogen and oxygen atoms in total. The molecule has 0 bridgehead atoms. The fraction of sp³-hybridized carbons (Fsp3) is 0.890. The molecule has 0 spiro atoms. The lowest BCUT2D eigenvalue weighted by molar-refractivity contribution is -0.143. The van der Waals surface area contributed by atoms with Gasteiger partial charge in [0, 0.05) is 12.8 Å². The van der Waals surface area contributed by atoms with E-state index in [1.54, 1.807) is 6.08 Å². The number of carbonyl (C=O) groups is 2. The molecule has 0 aromatic rings. The molecular weight excluding hydrogens is 971 g/mol. The number of unbranched alkanes of at least 4 members (excludes halogenated alkanes) is 52. The fourth-order valence-corrected chi connectivity index (χ4v) is 11.2. The van der Waals surface area contributed by atoms with Crippen molar-refractivity contribution >= 4 is 11.9 Å². The molecule has 3 N–H and O–H groups in total. The number of carbonyl (C=O) groups excluding carboxylic acids is 2. The van der Waals surface area contributed by atoms with Crippen molar-refractivity contribution in [2.75, 3.05) is 13.2 Å². The quantitative estimate of drug-likeness (QED) is 0.0320. The summed E-state index contributed by atoms with van der Waals surface area (Å²) in [4.78, 5) is 24.6. The third-order valence-electron chi connectivity index (χ3n) is 16.7. The molecule has 1 amide bonds. The van der Waals surface area contributed by atoms with Gasteiger partial charge in [0.1, 0.15) is 0 Å².